The Balaban J connectivity index is 2.39. The van der Waals surface area contributed by atoms with Crippen molar-refractivity contribution in [2.24, 2.45) is 5.92 Å². The van der Waals surface area contributed by atoms with Gasteiger partial charge in [-0.05, 0) is 6.42 Å². The van der Waals surface area contributed by atoms with Crippen molar-refractivity contribution in [1.82, 2.24) is 10.8 Å². The highest BCUT2D eigenvalue weighted by atomic mass is 16.7. The van der Waals surface area contributed by atoms with Gasteiger partial charge in [0, 0.05) is 5.92 Å². The van der Waals surface area contributed by atoms with Gasteiger partial charge in [-0.2, -0.15) is 0 Å². The molecule has 1 rings (SSSR count). The van der Waals surface area contributed by atoms with E-state index in [1.807, 2.05) is 13.8 Å². The van der Waals surface area contributed by atoms with E-state index in [9.17, 15) is 9.59 Å². The summed E-state index contributed by atoms with van der Waals surface area (Å²) in [6, 6.07) is -0.526. The molecule has 2 N–H and O–H groups in total. The SMILES string of the molecule is CCC(C)C(=O)NC1CONC1=O. The Morgan fingerprint density at radius 1 is 1.85 bits per heavy atom. The summed E-state index contributed by atoms with van der Waals surface area (Å²) in [6.07, 6.45) is 0.765. The first-order chi connectivity index (χ1) is 6.15. The fraction of sp³-hybridized carbons (Fsp3) is 0.750. The zero-order chi connectivity index (χ0) is 9.84. The van der Waals surface area contributed by atoms with Gasteiger partial charge in [0.2, 0.25) is 5.91 Å². The van der Waals surface area contributed by atoms with E-state index >= 15 is 0 Å². The van der Waals surface area contributed by atoms with E-state index in [1.165, 1.54) is 0 Å². The van der Waals surface area contributed by atoms with E-state index in [2.05, 4.69) is 15.6 Å². The van der Waals surface area contributed by atoms with Crippen molar-refractivity contribution in [3.8, 4) is 0 Å². The highest BCUT2D eigenvalue weighted by Crippen LogP contribution is 2.02. The minimum absolute atomic E-state index is 0.0617. The lowest BCUT2D eigenvalue weighted by atomic mass is 10.1. The van der Waals surface area contributed by atoms with Crippen molar-refractivity contribution >= 4 is 11.8 Å². The number of nitrogens with one attached hydrogen (secondary N) is 2. The molecule has 1 fully saturated rings. The summed E-state index contributed by atoms with van der Waals surface area (Å²) < 4.78 is 0. The Morgan fingerprint density at radius 2 is 2.54 bits per heavy atom. The average molecular weight is 186 g/mol. The molecule has 2 unspecified atom stereocenters. The van der Waals surface area contributed by atoms with Gasteiger partial charge >= 0.3 is 0 Å². The number of carbonyl (C=O) groups is 2. The molecule has 1 heterocycles. The summed E-state index contributed by atoms with van der Waals surface area (Å²) in [7, 11) is 0. The molecule has 1 aliphatic rings. The van der Waals surface area contributed by atoms with Crippen LogP contribution in [-0.4, -0.2) is 24.5 Å². The highest BCUT2D eigenvalue weighted by molar-refractivity contribution is 5.88. The predicted molar refractivity (Wildman–Crippen MR) is 45.5 cm³/mol. The van der Waals surface area contributed by atoms with Crippen LogP contribution in [0.4, 0.5) is 0 Å². The number of rotatable bonds is 3. The van der Waals surface area contributed by atoms with E-state index in [1.54, 1.807) is 0 Å². The Kier molecular flexibility index (Phi) is 3.25. The molecule has 0 bridgehead atoms. The quantitative estimate of drug-likeness (QED) is 0.629. The predicted octanol–water partition coefficient (Wildman–Crippen LogP) is -0.421. The smallest absolute Gasteiger partial charge is 0.268 e. The third kappa shape index (κ3) is 2.42. The Hall–Kier alpha value is -1.10. The number of hydrogen-bond acceptors (Lipinski definition) is 3. The van der Waals surface area contributed by atoms with E-state index in [-0.39, 0.29) is 24.3 Å². The molecular formula is C8H14N2O3. The molecule has 0 aromatic carbocycles. The topological polar surface area (TPSA) is 67.4 Å². The molecule has 2 atom stereocenters. The van der Waals surface area contributed by atoms with Gasteiger partial charge in [-0.3, -0.25) is 14.4 Å². The lowest BCUT2D eigenvalue weighted by Gasteiger charge is -2.12. The van der Waals surface area contributed by atoms with E-state index < -0.39 is 6.04 Å². The first kappa shape index (κ1) is 9.98. The van der Waals surface area contributed by atoms with Crippen LogP contribution >= 0.6 is 0 Å². The van der Waals surface area contributed by atoms with Crippen LogP contribution in [0, 0.1) is 5.92 Å². The van der Waals surface area contributed by atoms with E-state index in [4.69, 9.17) is 0 Å². The molecule has 13 heavy (non-hydrogen) atoms. The second-order valence-corrected chi connectivity index (χ2v) is 3.15. The van der Waals surface area contributed by atoms with Gasteiger partial charge < -0.3 is 5.32 Å². The van der Waals surface area contributed by atoms with Crippen molar-refractivity contribution in [1.29, 1.82) is 0 Å². The monoisotopic (exact) mass is 186 g/mol. The normalized spacial score (nSPS) is 23.8. The summed E-state index contributed by atoms with van der Waals surface area (Å²) in [5.74, 6) is -0.446. The molecular weight excluding hydrogens is 172 g/mol. The van der Waals surface area contributed by atoms with Crippen LogP contribution in [0.5, 0.6) is 0 Å². The number of hydroxylamine groups is 1. The summed E-state index contributed by atoms with van der Waals surface area (Å²) in [4.78, 5) is 27.0. The van der Waals surface area contributed by atoms with Crippen molar-refractivity contribution in [3.05, 3.63) is 0 Å². The zero-order valence-electron chi connectivity index (χ0n) is 7.79. The minimum Gasteiger partial charge on any atom is -0.342 e. The van der Waals surface area contributed by atoms with Gasteiger partial charge in [0.1, 0.15) is 12.6 Å². The maximum Gasteiger partial charge on any atom is 0.268 e. The van der Waals surface area contributed by atoms with Crippen LogP contribution < -0.4 is 10.8 Å². The number of amides is 2. The second-order valence-electron chi connectivity index (χ2n) is 3.15. The molecule has 0 aromatic rings. The first-order valence-electron chi connectivity index (χ1n) is 4.37. The van der Waals surface area contributed by atoms with Crippen molar-refractivity contribution in [3.63, 3.8) is 0 Å². The van der Waals surface area contributed by atoms with Gasteiger partial charge in [-0.15, -0.1) is 0 Å². The summed E-state index contributed by atoms with van der Waals surface area (Å²) in [5, 5.41) is 2.60. The van der Waals surface area contributed by atoms with Gasteiger partial charge in [0.15, 0.2) is 0 Å². The maximum absolute atomic E-state index is 11.3. The van der Waals surface area contributed by atoms with Gasteiger partial charge in [0.05, 0.1) is 0 Å². The third-order valence-electron chi connectivity index (χ3n) is 2.12. The van der Waals surface area contributed by atoms with Gasteiger partial charge in [-0.1, -0.05) is 13.8 Å². The summed E-state index contributed by atoms with van der Waals surface area (Å²) in [5.41, 5.74) is 2.18. The lowest BCUT2D eigenvalue weighted by molar-refractivity contribution is -0.130. The largest absolute Gasteiger partial charge is 0.342 e. The first-order valence-corrected chi connectivity index (χ1v) is 4.37. The molecule has 2 amide bonds. The Bertz CT molecular complexity index is 217. The van der Waals surface area contributed by atoms with E-state index in [0.29, 0.717) is 0 Å². The Labute approximate surface area is 76.8 Å². The highest BCUT2D eigenvalue weighted by Gasteiger charge is 2.27. The van der Waals surface area contributed by atoms with Crippen molar-refractivity contribution < 1.29 is 14.4 Å². The third-order valence-corrected chi connectivity index (χ3v) is 2.12. The molecule has 0 saturated carbocycles. The molecule has 5 nitrogen and oxygen atoms in total. The fourth-order valence-electron chi connectivity index (χ4n) is 0.950. The van der Waals surface area contributed by atoms with Crippen LogP contribution in [0.3, 0.4) is 0 Å². The fourth-order valence-corrected chi connectivity index (χ4v) is 0.950. The van der Waals surface area contributed by atoms with Crippen molar-refractivity contribution in [2.45, 2.75) is 26.3 Å². The lowest BCUT2D eigenvalue weighted by Crippen LogP contribution is -2.43. The molecule has 1 aliphatic heterocycles. The molecule has 74 valence electrons. The van der Waals surface area contributed by atoms with Crippen molar-refractivity contribution in [2.75, 3.05) is 6.61 Å². The zero-order valence-corrected chi connectivity index (χ0v) is 7.79. The minimum atomic E-state index is -0.526. The summed E-state index contributed by atoms with van der Waals surface area (Å²) in [6.45, 7) is 3.96. The Morgan fingerprint density at radius 3 is 3.00 bits per heavy atom. The molecule has 0 aromatic heterocycles. The summed E-state index contributed by atoms with van der Waals surface area (Å²) >= 11 is 0. The van der Waals surface area contributed by atoms with Crippen LogP contribution in [0.1, 0.15) is 20.3 Å². The van der Waals surface area contributed by atoms with Crippen LogP contribution in [-0.2, 0) is 14.4 Å². The van der Waals surface area contributed by atoms with E-state index in [0.717, 1.165) is 6.42 Å². The average Bonchev–Trinajstić information content (AvgIpc) is 2.50. The maximum atomic E-state index is 11.3. The van der Waals surface area contributed by atoms with Crippen LogP contribution in [0.2, 0.25) is 0 Å². The molecule has 5 heteroatoms. The van der Waals surface area contributed by atoms with Gasteiger partial charge in [0.25, 0.3) is 5.91 Å². The molecule has 0 radical (unpaired) electrons. The molecule has 0 spiro atoms. The number of hydrogen-bond donors (Lipinski definition) is 2. The number of carbonyl (C=O) groups excluding carboxylic acids is 2. The standard InChI is InChI=1S/C8H14N2O3/c1-3-5(2)7(11)9-6-4-13-10-8(6)12/h5-6H,3-4H2,1-2H3,(H,9,11)(H,10,12). The van der Waals surface area contributed by atoms with Crippen LogP contribution in [0.25, 0.3) is 0 Å². The molecule has 0 aliphatic carbocycles. The second kappa shape index (κ2) is 4.23. The van der Waals surface area contributed by atoms with Crippen LogP contribution in [0.15, 0.2) is 0 Å². The molecule has 1 saturated heterocycles. The van der Waals surface area contributed by atoms with Gasteiger partial charge in [-0.25, -0.2) is 5.48 Å².